The van der Waals surface area contributed by atoms with Crippen molar-refractivity contribution in [1.29, 1.82) is 0 Å². The standard InChI is InChI=1S/C16H18BrNO/c17-15-8-7-14(12-5-1-2-6-13(12)15)16(18)10-11-4-3-9-19-11/h1-2,5-8,11,16H,3-4,9-10,18H2. The zero-order valence-electron chi connectivity index (χ0n) is 10.8. The first-order valence-corrected chi connectivity index (χ1v) is 7.59. The zero-order valence-corrected chi connectivity index (χ0v) is 12.4. The summed E-state index contributed by atoms with van der Waals surface area (Å²) in [4.78, 5) is 0. The van der Waals surface area contributed by atoms with Crippen molar-refractivity contribution in [2.75, 3.05) is 6.61 Å². The fourth-order valence-corrected chi connectivity index (χ4v) is 3.33. The van der Waals surface area contributed by atoms with Gasteiger partial charge in [-0.25, -0.2) is 0 Å². The van der Waals surface area contributed by atoms with Gasteiger partial charge in [-0.15, -0.1) is 0 Å². The van der Waals surface area contributed by atoms with E-state index in [0.717, 1.165) is 23.9 Å². The second-order valence-corrected chi connectivity index (χ2v) is 6.01. The molecule has 1 heterocycles. The Hall–Kier alpha value is -0.900. The molecular formula is C16H18BrNO. The molecule has 3 rings (SSSR count). The van der Waals surface area contributed by atoms with Crippen LogP contribution in [0.25, 0.3) is 10.8 Å². The molecule has 2 N–H and O–H groups in total. The number of hydrogen-bond donors (Lipinski definition) is 1. The highest BCUT2D eigenvalue weighted by Gasteiger charge is 2.20. The van der Waals surface area contributed by atoms with Crippen molar-refractivity contribution in [1.82, 2.24) is 0 Å². The molecule has 1 aliphatic rings. The van der Waals surface area contributed by atoms with Crippen LogP contribution < -0.4 is 5.73 Å². The minimum Gasteiger partial charge on any atom is -0.378 e. The number of fused-ring (bicyclic) bond motifs is 1. The lowest BCUT2D eigenvalue weighted by Crippen LogP contribution is -2.18. The van der Waals surface area contributed by atoms with Gasteiger partial charge in [-0.3, -0.25) is 0 Å². The monoisotopic (exact) mass is 319 g/mol. The summed E-state index contributed by atoms with van der Waals surface area (Å²) < 4.78 is 6.81. The summed E-state index contributed by atoms with van der Waals surface area (Å²) >= 11 is 3.60. The van der Waals surface area contributed by atoms with Gasteiger partial charge in [0, 0.05) is 17.1 Å². The fraction of sp³-hybridized carbons (Fsp3) is 0.375. The second kappa shape index (κ2) is 5.61. The summed E-state index contributed by atoms with van der Waals surface area (Å²) in [6.07, 6.45) is 3.55. The van der Waals surface area contributed by atoms with Crippen LogP contribution in [0.3, 0.4) is 0 Å². The molecule has 0 radical (unpaired) electrons. The van der Waals surface area contributed by atoms with Crippen LogP contribution >= 0.6 is 15.9 Å². The van der Waals surface area contributed by atoms with Crippen molar-refractivity contribution in [3.8, 4) is 0 Å². The Morgan fingerprint density at radius 1 is 1.21 bits per heavy atom. The van der Waals surface area contributed by atoms with Crippen molar-refractivity contribution in [3.05, 3.63) is 46.4 Å². The quantitative estimate of drug-likeness (QED) is 0.921. The van der Waals surface area contributed by atoms with Gasteiger partial charge in [0.05, 0.1) is 6.10 Å². The third-order valence-corrected chi connectivity index (χ3v) is 4.54. The topological polar surface area (TPSA) is 35.2 Å². The largest absolute Gasteiger partial charge is 0.378 e. The van der Waals surface area contributed by atoms with Crippen molar-refractivity contribution in [2.45, 2.75) is 31.4 Å². The SMILES string of the molecule is NC(CC1CCCO1)c1ccc(Br)c2ccccc12. The molecule has 19 heavy (non-hydrogen) atoms. The van der Waals surface area contributed by atoms with Crippen LogP contribution in [0.4, 0.5) is 0 Å². The second-order valence-electron chi connectivity index (χ2n) is 5.16. The molecule has 0 saturated carbocycles. The number of benzene rings is 2. The van der Waals surface area contributed by atoms with Gasteiger partial charge in [0.1, 0.15) is 0 Å². The van der Waals surface area contributed by atoms with Crippen molar-refractivity contribution >= 4 is 26.7 Å². The molecule has 2 aromatic carbocycles. The number of halogens is 1. The van der Waals surface area contributed by atoms with Crippen LogP contribution in [0.5, 0.6) is 0 Å². The predicted molar refractivity (Wildman–Crippen MR) is 82.2 cm³/mol. The maximum Gasteiger partial charge on any atom is 0.0594 e. The summed E-state index contributed by atoms with van der Waals surface area (Å²) in [5.41, 5.74) is 7.61. The Bertz CT molecular complexity index is 578. The van der Waals surface area contributed by atoms with Crippen LogP contribution in [0, 0.1) is 0 Å². The molecule has 0 aliphatic carbocycles. The maximum atomic E-state index is 6.40. The highest BCUT2D eigenvalue weighted by Crippen LogP contribution is 2.32. The van der Waals surface area contributed by atoms with Gasteiger partial charge in [-0.2, -0.15) is 0 Å². The van der Waals surface area contributed by atoms with E-state index in [1.807, 2.05) is 0 Å². The third kappa shape index (κ3) is 2.69. The Morgan fingerprint density at radius 3 is 2.74 bits per heavy atom. The Morgan fingerprint density at radius 2 is 2.00 bits per heavy atom. The lowest BCUT2D eigenvalue weighted by Gasteiger charge is -2.18. The number of nitrogens with two attached hydrogens (primary N) is 1. The van der Waals surface area contributed by atoms with E-state index in [4.69, 9.17) is 10.5 Å². The summed E-state index contributed by atoms with van der Waals surface area (Å²) in [6.45, 7) is 0.887. The zero-order chi connectivity index (χ0) is 13.2. The number of rotatable bonds is 3. The molecule has 1 fully saturated rings. The maximum absolute atomic E-state index is 6.40. The minimum absolute atomic E-state index is 0.0427. The van der Waals surface area contributed by atoms with E-state index in [1.54, 1.807) is 0 Å². The van der Waals surface area contributed by atoms with Crippen molar-refractivity contribution < 1.29 is 4.74 Å². The van der Waals surface area contributed by atoms with Crippen LogP contribution in [0.15, 0.2) is 40.9 Å². The summed E-state index contributed by atoms with van der Waals surface area (Å²) in [5, 5.41) is 2.46. The first-order valence-electron chi connectivity index (χ1n) is 6.80. The highest BCUT2D eigenvalue weighted by molar-refractivity contribution is 9.10. The van der Waals surface area contributed by atoms with E-state index in [-0.39, 0.29) is 6.04 Å². The van der Waals surface area contributed by atoms with Crippen molar-refractivity contribution in [3.63, 3.8) is 0 Å². The van der Waals surface area contributed by atoms with Gasteiger partial charge in [0.2, 0.25) is 0 Å². The Labute approximate surface area is 122 Å². The third-order valence-electron chi connectivity index (χ3n) is 3.84. The molecule has 0 spiro atoms. The lowest BCUT2D eigenvalue weighted by molar-refractivity contribution is 0.0984. The molecule has 0 amide bonds. The van der Waals surface area contributed by atoms with E-state index in [9.17, 15) is 0 Å². The van der Waals surface area contributed by atoms with E-state index >= 15 is 0 Å². The smallest absolute Gasteiger partial charge is 0.0594 e. The highest BCUT2D eigenvalue weighted by atomic mass is 79.9. The van der Waals surface area contributed by atoms with Gasteiger partial charge >= 0.3 is 0 Å². The number of hydrogen-bond acceptors (Lipinski definition) is 2. The predicted octanol–water partition coefficient (Wildman–Crippen LogP) is 4.17. The molecule has 1 saturated heterocycles. The Kier molecular flexibility index (Phi) is 3.87. The molecule has 1 aliphatic heterocycles. The van der Waals surface area contributed by atoms with Crippen LogP contribution in [0.1, 0.15) is 30.9 Å². The van der Waals surface area contributed by atoms with E-state index in [1.165, 1.54) is 22.8 Å². The first kappa shape index (κ1) is 13.1. The van der Waals surface area contributed by atoms with Gasteiger partial charge in [-0.05, 0) is 41.7 Å². The molecule has 2 atom stereocenters. The Balaban J connectivity index is 1.93. The summed E-state index contributed by atoms with van der Waals surface area (Å²) in [5.74, 6) is 0. The summed E-state index contributed by atoms with van der Waals surface area (Å²) in [7, 11) is 0. The molecular weight excluding hydrogens is 302 g/mol. The van der Waals surface area contributed by atoms with Crippen LogP contribution in [-0.2, 0) is 4.74 Å². The molecule has 100 valence electrons. The van der Waals surface area contributed by atoms with E-state index in [2.05, 4.69) is 52.3 Å². The van der Waals surface area contributed by atoms with Gasteiger partial charge in [0.25, 0.3) is 0 Å². The van der Waals surface area contributed by atoms with Gasteiger partial charge in [0.15, 0.2) is 0 Å². The van der Waals surface area contributed by atoms with Gasteiger partial charge < -0.3 is 10.5 Å². The van der Waals surface area contributed by atoms with E-state index in [0.29, 0.717) is 6.10 Å². The fourth-order valence-electron chi connectivity index (χ4n) is 2.85. The molecule has 2 nitrogen and oxygen atoms in total. The van der Waals surface area contributed by atoms with E-state index < -0.39 is 0 Å². The average Bonchev–Trinajstić information content (AvgIpc) is 2.92. The van der Waals surface area contributed by atoms with Crippen molar-refractivity contribution in [2.24, 2.45) is 5.73 Å². The summed E-state index contributed by atoms with van der Waals surface area (Å²) in [6, 6.07) is 12.7. The van der Waals surface area contributed by atoms with Crippen LogP contribution in [-0.4, -0.2) is 12.7 Å². The minimum atomic E-state index is 0.0427. The average molecular weight is 320 g/mol. The molecule has 2 aromatic rings. The van der Waals surface area contributed by atoms with Gasteiger partial charge in [-0.1, -0.05) is 46.3 Å². The van der Waals surface area contributed by atoms with Crippen LogP contribution in [0.2, 0.25) is 0 Å². The normalized spacial score (nSPS) is 20.8. The number of ether oxygens (including phenoxy) is 1. The molecule has 0 bridgehead atoms. The molecule has 0 aromatic heterocycles. The molecule has 2 unspecified atom stereocenters. The molecule has 3 heteroatoms. The lowest BCUT2D eigenvalue weighted by atomic mass is 9.95. The first-order chi connectivity index (χ1) is 9.25.